The van der Waals surface area contributed by atoms with Crippen LogP contribution in [0.5, 0.6) is 0 Å². The van der Waals surface area contributed by atoms with Gasteiger partial charge in [-0.1, -0.05) is 24.3 Å². The molecule has 136 valence electrons. The van der Waals surface area contributed by atoms with Crippen LogP contribution in [0.2, 0.25) is 0 Å². The number of anilines is 2. The van der Waals surface area contributed by atoms with Gasteiger partial charge in [-0.2, -0.15) is 4.99 Å². The first-order chi connectivity index (χ1) is 13.1. The Kier molecular flexibility index (Phi) is 4.53. The summed E-state index contributed by atoms with van der Waals surface area (Å²) in [6, 6.07) is 13.6. The van der Waals surface area contributed by atoms with E-state index < -0.39 is 11.7 Å². The molecule has 0 saturated heterocycles. The van der Waals surface area contributed by atoms with Crippen molar-refractivity contribution in [1.82, 2.24) is 0 Å². The van der Waals surface area contributed by atoms with Crippen LogP contribution in [0.3, 0.4) is 0 Å². The molecule has 0 bridgehead atoms. The average molecular weight is 365 g/mol. The van der Waals surface area contributed by atoms with Gasteiger partial charge in [0.15, 0.2) is 12.4 Å². The fourth-order valence-corrected chi connectivity index (χ4v) is 3.02. The highest BCUT2D eigenvalue weighted by Gasteiger charge is 2.30. The van der Waals surface area contributed by atoms with Crippen LogP contribution >= 0.6 is 0 Å². The van der Waals surface area contributed by atoms with E-state index in [9.17, 15) is 14.3 Å². The van der Waals surface area contributed by atoms with Gasteiger partial charge < -0.3 is 10.4 Å². The molecule has 0 spiro atoms. The van der Waals surface area contributed by atoms with E-state index in [0.29, 0.717) is 6.67 Å². The molecule has 0 aromatic heterocycles. The van der Waals surface area contributed by atoms with Crippen molar-refractivity contribution in [3.63, 3.8) is 0 Å². The number of amidine groups is 1. The summed E-state index contributed by atoms with van der Waals surface area (Å²) in [5, 5.41) is 11.9. The van der Waals surface area contributed by atoms with Crippen LogP contribution < -0.4 is 15.1 Å². The molecule has 0 fully saturated rings. The number of halogens is 1. The molecule has 3 N–H and O–H groups in total. The minimum absolute atomic E-state index is 0.0189. The van der Waals surface area contributed by atoms with Crippen molar-refractivity contribution in [3.8, 4) is 0 Å². The topological polar surface area (TPSA) is 69.4 Å². The van der Waals surface area contributed by atoms with Gasteiger partial charge in [-0.15, -0.1) is 0 Å². The lowest BCUT2D eigenvalue weighted by molar-refractivity contribution is -0.742. The number of carbonyl (C=O) groups excluding carboxylic acids is 1. The second-order valence-corrected chi connectivity index (χ2v) is 6.26. The number of para-hydroxylation sites is 1. The van der Waals surface area contributed by atoms with Crippen LogP contribution in [-0.2, 0) is 11.4 Å². The number of benzene rings is 2. The Morgan fingerprint density at radius 2 is 2.11 bits per heavy atom. The van der Waals surface area contributed by atoms with Gasteiger partial charge in [0.1, 0.15) is 12.0 Å². The first kappa shape index (κ1) is 17.1. The molecule has 1 amide bonds. The zero-order valence-electron chi connectivity index (χ0n) is 14.4. The first-order valence-corrected chi connectivity index (χ1v) is 8.51. The molecule has 2 aromatic carbocycles. The molecule has 2 aliphatic rings. The molecule has 2 aromatic rings. The number of rotatable bonds is 4. The summed E-state index contributed by atoms with van der Waals surface area (Å²) in [6.45, 7) is 0.537. The van der Waals surface area contributed by atoms with E-state index in [1.165, 1.54) is 12.1 Å². The van der Waals surface area contributed by atoms with Gasteiger partial charge in [0.05, 0.1) is 12.3 Å². The molecular formula is C20H18FN4O2+. The Morgan fingerprint density at radius 3 is 2.93 bits per heavy atom. The fourth-order valence-electron chi connectivity index (χ4n) is 3.02. The zero-order chi connectivity index (χ0) is 18.8. The smallest absolute Gasteiger partial charge is 0.280 e. The number of fused-ring (bicyclic) bond motifs is 1. The number of nitrogens with one attached hydrogen (secondary N) is 2. The van der Waals surface area contributed by atoms with E-state index in [2.05, 4.69) is 10.3 Å². The van der Waals surface area contributed by atoms with Crippen molar-refractivity contribution in [1.29, 1.82) is 0 Å². The predicted molar refractivity (Wildman–Crippen MR) is 100 cm³/mol. The quantitative estimate of drug-likeness (QED) is 0.767. The van der Waals surface area contributed by atoms with Gasteiger partial charge in [-0.25, -0.2) is 9.29 Å². The Morgan fingerprint density at radius 1 is 1.26 bits per heavy atom. The Labute approximate surface area is 155 Å². The summed E-state index contributed by atoms with van der Waals surface area (Å²) >= 11 is 0. The van der Waals surface area contributed by atoms with Crippen molar-refractivity contribution in [2.75, 3.05) is 16.9 Å². The number of aliphatic imine (C=N–C) groups is 1. The fraction of sp³-hybridized carbons (Fsp3) is 0.100. The molecular weight excluding hydrogens is 347 g/mol. The number of amides is 1. The first-order valence-electron chi connectivity index (χ1n) is 8.51. The van der Waals surface area contributed by atoms with Crippen LogP contribution in [0, 0.1) is 5.82 Å². The van der Waals surface area contributed by atoms with E-state index in [0.717, 1.165) is 22.0 Å². The second kappa shape index (κ2) is 7.14. The van der Waals surface area contributed by atoms with Gasteiger partial charge in [0, 0.05) is 18.0 Å². The molecule has 0 radical (unpaired) electrons. The maximum absolute atomic E-state index is 13.7. The van der Waals surface area contributed by atoms with Crippen molar-refractivity contribution >= 4 is 23.1 Å². The molecule has 2 aliphatic heterocycles. The molecule has 2 heterocycles. The van der Waals surface area contributed by atoms with Gasteiger partial charge in [0.25, 0.3) is 5.91 Å². The van der Waals surface area contributed by atoms with Gasteiger partial charge >= 0.3 is 0 Å². The van der Waals surface area contributed by atoms with Crippen molar-refractivity contribution in [3.05, 3.63) is 84.1 Å². The minimum Gasteiger partial charge on any atom is -0.392 e. The minimum atomic E-state index is -0.489. The third-order valence-corrected chi connectivity index (χ3v) is 4.41. The highest BCUT2D eigenvalue weighted by molar-refractivity contribution is 6.06. The zero-order valence-corrected chi connectivity index (χ0v) is 14.4. The normalized spacial score (nSPS) is 18.0. The number of nitrogens with zero attached hydrogens (tertiary/aromatic N) is 2. The molecule has 0 saturated carbocycles. The van der Waals surface area contributed by atoms with E-state index in [4.69, 9.17) is 0 Å². The number of aliphatic hydroxyl groups is 1. The number of aliphatic hydroxyl groups excluding tert-OH is 1. The SMILES string of the molecule is O=C(Nc1ccccc1F)C1=C[NH+]2CN(c3cccc(CO)c3)C=CC2=N1. The van der Waals surface area contributed by atoms with Crippen molar-refractivity contribution in [2.24, 2.45) is 4.99 Å². The van der Waals surface area contributed by atoms with Crippen LogP contribution in [0.15, 0.2) is 77.7 Å². The van der Waals surface area contributed by atoms with Gasteiger partial charge in [-0.05, 0) is 29.8 Å². The standard InChI is InChI=1S/C20H17FN4O2/c21-16-6-1-2-7-17(16)23-20(27)18-11-25-13-24(9-8-19(25)22-18)15-5-3-4-14(10-15)12-26/h1-11,26H,12-13H2,(H,23,27)/p+1. The number of hydrogen-bond donors (Lipinski definition) is 3. The lowest BCUT2D eigenvalue weighted by Crippen LogP contribution is -3.11. The molecule has 4 rings (SSSR count). The van der Waals surface area contributed by atoms with Gasteiger partial charge in [0.2, 0.25) is 5.84 Å². The Balaban J connectivity index is 1.50. The van der Waals surface area contributed by atoms with Crippen LogP contribution in [0.25, 0.3) is 0 Å². The third kappa shape index (κ3) is 3.51. The van der Waals surface area contributed by atoms with Crippen LogP contribution in [-0.4, -0.2) is 23.5 Å². The molecule has 0 aliphatic carbocycles. The number of quaternary nitrogens is 1. The van der Waals surface area contributed by atoms with Crippen molar-refractivity contribution < 1.29 is 19.2 Å². The maximum Gasteiger partial charge on any atom is 0.280 e. The number of hydrogen-bond acceptors (Lipinski definition) is 4. The summed E-state index contributed by atoms with van der Waals surface area (Å²) in [5.41, 5.74) is 2.15. The molecule has 27 heavy (non-hydrogen) atoms. The van der Waals surface area contributed by atoms with Crippen molar-refractivity contribution in [2.45, 2.75) is 6.61 Å². The maximum atomic E-state index is 13.7. The lowest BCUT2D eigenvalue weighted by atomic mass is 10.2. The van der Waals surface area contributed by atoms with Crippen LogP contribution in [0.4, 0.5) is 15.8 Å². The predicted octanol–water partition coefficient (Wildman–Crippen LogP) is 1.39. The van der Waals surface area contributed by atoms with Crippen LogP contribution in [0.1, 0.15) is 5.56 Å². The highest BCUT2D eigenvalue weighted by Crippen LogP contribution is 2.18. The molecule has 6 nitrogen and oxygen atoms in total. The Bertz CT molecular complexity index is 983. The second-order valence-electron chi connectivity index (χ2n) is 6.26. The molecule has 7 heteroatoms. The van der Waals surface area contributed by atoms with E-state index in [-0.39, 0.29) is 18.0 Å². The summed E-state index contributed by atoms with van der Waals surface area (Å²) in [4.78, 5) is 19.7. The lowest BCUT2D eigenvalue weighted by Gasteiger charge is -2.26. The van der Waals surface area contributed by atoms with E-state index in [1.807, 2.05) is 41.4 Å². The third-order valence-electron chi connectivity index (χ3n) is 4.41. The summed E-state index contributed by atoms with van der Waals surface area (Å²) in [6.07, 6.45) is 5.45. The monoisotopic (exact) mass is 365 g/mol. The summed E-state index contributed by atoms with van der Waals surface area (Å²) < 4.78 is 13.7. The highest BCUT2D eigenvalue weighted by atomic mass is 19.1. The largest absolute Gasteiger partial charge is 0.392 e. The summed E-state index contributed by atoms with van der Waals surface area (Å²) in [5.74, 6) is -0.211. The molecule has 1 unspecified atom stereocenters. The number of carbonyl (C=O) groups is 1. The molecule has 1 atom stereocenters. The average Bonchev–Trinajstić information content (AvgIpc) is 3.13. The van der Waals surface area contributed by atoms with E-state index in [1.54, 1.807) is 18.3 Å². The van der Waals surface area contributed by atoms with E-state index >= 15 is 0 Å². The Hall–Kier alpha value is -3.29. The van der Waals surface area contributed by atoms with Gasteiger partial charge in [-0.3, -0.25) is 9.69 Å². The summed E-state index contributed by atoms with van der Waals surface area (Å²) in [7, 11) is 0.